The summed E-state index contributed by atoms with van der Waals surface area (Å²) in [5.41, 5.74) is 1.99. The zero-order valence-electron chi connectivity index (χ0n) is 12.6. The van der Waals surface area contributed by atoms with Crippen LogP contribution in [0.3, 0.4) is 0 Å². The number of hydrogen-bond acceptors (Lipinski definition) is 4. The molecule has 2 fully saturated rings. The van der Waals surface area contributed by atoms with Crippen LogP contribution in [0.15, 0.2) is 22.9 Å². The lowest BCUT2D eigenvalue weighted by molar-refractivity contribution is 0.306. The molecule has 118 valence electrons. The topological polar surface area (TPSA) is 55.2 Å². The third kappa shape index (κ3) is 2.21. The molecule has 1 spiro atoms. The fourth-order valence-electron chi connectivity index (χ4n) is 3.82. The first kappa shape index (κ1) is 14.7. The summed E-state index contributed by atoms with van der Waals surface area (Å²) in [6.07, 6.45) is 6.57. The first-order valence-electron chi connectivity index (χ1n) is 7.37. The molecule has 22 heavy (non-hydrogen) atoms. The SMILES string of the molecule is CN1CC2(CC2)CC1c1cc2cnc(Br)cc2n1S(C)(=O)=O. The van der Waals surface area contributed by atoms with Crippen molar-refractivity contribution in [1.82, 2.24) is 13.9 Å². The molecule has 1 aliphatic heterocycles. The highest BCUT2D eigenvalue weighted by molar-refractivity contribution is 9.10. The summed E-state index contributed by atoms with van der Waals surface area (Å²) < 4.78 is 26.9. The molecule has 1 atom stereocenters. The third-order valence-corrected chi connectivity index (χ3v) is 6.51. The number of hydrogen-bond donors (Lipinski definition) is 0. The molecule has 0 radical (unpaired) electrons. The van der Waals surface area contributed by atoms with E-state index in [1.54, 1.807) is 12.3 Å². The Hall–Kier alpha value is -0.920. The van der Waals surface area contributed by atoms with Gasteiger partial charge < -0.3 is 0 Å². The van der Waals surface area contributed by atoms with Crippen LogP contribution >= 0.6 is 15.9 Å². The molecule has 3 heterocycles. The number of likely N-dealkylation sites (tertiary alicyclic amines) is 1. The highest BCUT2D eigenvalue weighted by Gasteiger charge is 2.51. The van der Waals surface area contributed by atoms with Crippen molar-refractivity contribution in [2.45, 2.75) is 25.3 Å². The van der Waals surface area contributed by atoms with Crippen LogP contribution in [-0.2, 0) is 10.0 Å². The molecule has 5 nitrogen and oxygen atoms in total. The van der Waals surface area contributed by atoms with E-state index in [4.69, 9.17) is 0 Å². The van der Waals surface area contributed by atoms with Gasteiger partial charge in [-0.1, -0.05) is 0 Å². The Morgan fingerprint density at radius 2 is 2.09 bits per heavy atom. The smallest absolute Gasteiger partial charge is 0.236 e. The molecule has 1 saturated heterocycles. The third-order valence-electron chi connectivity index (χ3n) is 5.01. The van der Waals surface area contributed by atoms with Crippen LogP contribution in [0, 0.1) is 5.41 Å². The van der Waals surface area contributed by atoms with Crippen LogP contribution in [0.5, 0.6) is 0 Å². The number of rotatable bonds is 2. The van der Waals surface area contributed by atoms with E-state index in [2.05, 4.69) is 32.9 Å². The molecule has 0 aromatic carbocycles. The largest absolute Gasteiger partial charge is 0.297 e. The summed E-state index contributed by atoms with van der Waals surface area (Å²) in [7, 11) is -1.28. The molecule has 1 saturated carbocycles. The summed E-state index contributed by atoms with van der Waals surface area (Å²) in [4.78, 5) is 6.52. The van der Waals surface area contributed by atoms with Crippen molar-refractivity contribution < 1.29 is 8.42 Å². The van der Waals surface area contributed by atoms with E-state index in [-0.39, 0.29) is 6.04 Å². The van der Waals surface area contributed by atoms with Crippen molar-refractivity contribution in [3.63, 3.8) is 0 Å². The maximum Gasteiger partial charge on any atom is 0.236 e. The molecule has 0 N–H and O–H groups in total. The van der Waals surface area contributed by atoms with Gasteiger partial charge in [0.2, 0.25) is 10.0 Å². The van der Waals surface area contributed by atoms with Crippen molar-refractivity contribution >= 4 is 36.9 Å². The second-order valence-corrected chi connectivity index (χ2v) is 9.44. The van der Waals surface area contributed by atoms with Gasteiger partial charge in [-0.15, -0.1) is 0 Å². The number of nitrogens with zero attached hydrogens (tertiary/aromatic N) is 3. The van der Waals surface area contributed by atoms with E-state index in [1.165, 1.54) is 23.1 Å². The average Bonchev–Trinajstić information content (AvgIpc) is 2.91. The molecule has 2 aromatic rings. The number of halogens is 1. The molecule has 1 aliphatic carbocycles. The zero-order valence-corrected chi connectivity index (χ0v) is 15.0. The van der Waals surface area contributed by atoms with Crippen molar-refractivity contribution in [3.05, 3.63) is 28.6 Å². The van der Waals surface area contributed by atoms with Gasteiger partial charge in [-0.05, 0) is 59.8 Å². The fraction of sp³-hybridized carbons (Fsp3) is 0.533. The normalized spacial score (nSPS) is 24.4. The Balaban J connectivity index is 1.94. The maximum absolute atomic E-state index is 12.4. The van der Waals surface area contributed by atoms with Gasteiger partial charge in [0.1, 0.15) is 4.60 Å². The van der Waals surface area contributed by atoms with Crippen molar-refractivity contribution in [2.24, 2.45) is 5.41 Å². The van der Waals surface area contributed by atoms with Crippen LogP contribution in [0.25, 0.3) is 10.9 Å². The van der Waals surface area contributed by atoms with Gasteiger partial charge in [0.05, 0.1) is 23.5 Å². The quantitative estimate of drug-likeness (QED) is 0.748. The lowest BCUT2D eigenvalue weighted by Crippen LogP contribution is -2.23. The number of fused-ring (bicyclic) bond motifs is 1. The molecule has 0 bridgehead atoms. The van der Waals surface area contributed by atoms with Crippen LogP contribution in [0.2, 0.25) is 0 Å². The minimum Gasteiger partial charge on any atom is -0.297 e. The van der Waals surface area contributed by atoms with Crippen molar-refractivity contribution in [3.8, 4) is 0 Å². The lowest BCUT2D eigenvalue weighted by Gasteiger charge is -2.21. The molecule has 4 rings (SSSR count). The maximum atomic E-state index is 12.4. The van der Waals surface area contributed by atoms with E-state index in [0.29, 0.717) is 15.5 Å². The summed E-state index contributed by atoms with van der Waals surface area (Å²) in [5.74, 6) is 0. The van der Waals surface area contributed by atoms with Crippen LogP contribution in [0.4, 0.5) is 0 Å². The molecule has 2 aromatic heterocycles. The standard InChI is InChI=1S/C15H18BrN3O2S/c1-18-9-15(3-4-15)7-13(18)12-5-10-8-17-14(16)6-11(10)19(12)22(2,20)21/h5-6,8,13H,3-4,7,9H2,1-2H3. The Morgan fingerprint density at radius 1 is 1.36 bits per heavy atom. The van der Waals surface area contributed by atoms with E-state index in [9.17, 15) is 8.42 Å². The lowest BCUT2D eigenvalue weighted by atomic mass is 10.0. The Morgan fingerprint density at radius 3 is 2.68 bits per heavy atom. The number of pyridine rings is 1. The minimum absolute atomic E-state index is 0.156. The van der Waals surface area contributed by atoms with Gasteiger partial charge in [-0.3, -0.25) is 4.90 Å². The molecular formula is C15H18BrN3O2S. The second kappa shape index (κ2) is 4.55. The molecule has 7 heteroatoms. The van der Waals surface area contributed by atoms with Gasteiger partial charge in [0.25, 0.3) is 0 Å². The fourth-order valence-corrected chi connectivity index (χ4v) is 5.21. The predicted octanol–water partition coefficient (Wildman–Crippen LogP) is 2.76. The first-order valence-corrected chi connectivity index (χ1v) is 10.0. The summed E-state index contributed by atoms with van der Waals surface area (Å²) in [6, 6.07) is 3.92. The van der Waals surface area contributed by atoms with E-state index >= 15 is 0 Å². The van der Waals surface area contributed by atoms with Gasteiger partial charge in [0, 0.05) is 18.1 Å². The average molecular weight is 384 g/mol. The predicted molar refractivity (Wildman–Crippen MR) is 89.3 cm³/mol. The highest BCUT2D eigenvalue weighted by Crippen LogP contribution is 2.58. The Labute approximate surface area is 138 Å². The summed E-state index contributed by atoms with van der Waals surface area (Å²) in [5, 5.41) is 0.869. The van der Waals surface area contributed by atoms with Crippen LogP contribution in [-0.4, -0.2) is 42.1 Å². The molecular weight excluding hydrogens is 366 g/mol. The number of aromatic nitrogens is 2. The summed E-state index contributed by atoms with van der Waals surface area (Å²) >= 11 is 3.34. The van der Waals surface area contributed by atoms with Gasteiger partial charge in [-0.25, -0.2) is 17.4 Å². The van der Waals surface area contributed by atoms with Gasteiger partial charge >= 0.3 is 0 Å². The summed E-state index contributed by atoms with van der Waals surface area (Å²) in [6.45, 7) is 1.06. The van der Waals surface area contributed by atoms with Crippen LogP contribution < -0.4 is 0 Å². The minimum atomic E-state index is -3.37. The Bertz CT molecular complexity index is 870. The first-order chi connectivity index (χ1) is 10.3. The van der Waals surface area contributed by atoms with Gasteiger partial charge in [0.15, 0.2) is 0 Å². The van der Waals surface area contributed by atoms with E-state index in [1.807, 2.05) is 6.07 Å². The van der Waals surface area contributed by atoms with E-state index < -0.39 is 10.0 Å². The zero-order chi connectivity index (χ0) is 15.7. The van der Waals surface area contributed by atoms with Crippen molar-refractivity contribution in [1.29, 1.82) is 0 Å². The van der Waals surface area contributed by atoms with Crippen molar-refractivity contribution in [2.75, 3.05) is 19.8 Å². The monoisotopic (exact) mass is 383 g/mol. The second-order valence-electron chi connectivity index (χ2n) is 6.80. The molecule has 1 unspecified atom stereocenters. The molecule has 0 amide bonds. The Kier molecular flexibility index (Phi) is 3.03. The van der Waals surface area contributed by atoms with Gasteiger partial charge in [-0.2, -0.15) is 0 Å². The molecule has 2 aliphatic rings. The van der Waals surface area contributed by atoms with Crippen LogP contribution in [0.1, 0.15) is 31.0 Å². The van der Waals surface area contributed by atoms with E-state index in [0.717, 1.165) is 24.0 Å². The highest BCUT2D eigenvalue weighted by atomic mass is 79.9.